The molecule has 1 atom stereocenters. The molecule has 178 valence electrons. The average Bonchev–Trinajstić information content (AvgIpc) is 2.82. The summed E-state index contributed by atoms with van der Waals surface area (Å²) in [6.45, 7) is 5.02. The maximum Gasteiger partial charge on any atom is 0.354 e. The Morgan fingerprint density at radius 3 is 2.52 bits per heavy atom. The monoisotopic (exact) mass is 453 g/mol. The standard InChI is InChI=1S/C24H35N7O2/c1-17(27-20-6-4-19(25)5-7-20)16-18-2-8-21(9-3-18)31-13-10-22(29-24(31)33)28-23(32)30-14-11-26-12-15-30/h2-3,8-10,13,17,19-20,26-27H,4-7,11-12,14-16,25H2,1H3,(H,28,29,32,33). The predicted molar refractivity (Wildman–Crippen MR) is 130 cm³/mol. The van der Waals surface area contributed by atoms with Crippen LogP contribution < -0.4 is 27.4 Å². The van der Waals surface area contributed by atoms with Crippen LogP contribution >= 0.6 is 0 Å². The first-order valence-electron chi connectivity index (χ1n) is 12.0. The Kier molecular flexibility index (Phi) is 7.74. The summed E-state index contributed by atoms with van der Waals surface area (Å²) in [5, 5.41) is 9.65. The summed E-state index contributed by atoms with van der Waals surface area (Å²) in [7, 11) is 0. The van der Waals surface area contributed by atoms with E-state index in [1.165, 1.54) is 10.1 Å². The second kappa shape index (κ2) is 10.9. The zero-order valence-corrected chi connectivity index (χ0v) is 19.3. The van der Waals surface area contributed by atoms with Gasteiger partial charge < -0.3 is 21.3 Å². The Labute approximate surface area is 194 Å². The second-order valence-corrected chi connectivity index (χ2v) is 9.18. The van der Waals surface area contributed by atoms with Crippen LogP contribution in [-0.4, -0.2) is 64.8 Å². The van der Waals surface area contributed by atoms with Gasteiger partial charge in [-0.2, -0.15) is 4.98 Å². The molecule has 1 aromatic carbocycles. The molecule has 2 amide bonds. The molecule has 0 radical (unpaired) electrons. The largest absolute Gasteiger partial charge is 0.354 e. The molecule has 2 heterocycles. The first kappa shape index (κ1) is 23.4. The van der Waals surface area contributed by atoms with Crippen LogP contribution in [0.25, 0.3) is 5.69 Å². The first-order chi connectivity index (χ1) is 16.0. The molecule has 2 aromatic rings. The van der Waals surface area contributed by atoms with Gasteiger partial charge in [-0.1, -0.05) is 12.1 Å². The number of nitrogens with one attached hydrogen (secondary N) is 3. The molecular weight excluding hydrogens is 418 g/mol. The second-order valence-electron chi connectivity index (χ2n) is 9.18. The van der Waals surface area contributed by atoms with E-state index in [1.54, 1.807) is 17.2 Å². The third-order valence-electron chi connectivity index (χ3n) is 6.49. The number of hydrogen-bond acceptors (Lipinski definition) is 6. The number of anilines is 1. The molecule has 5 N–H and O–H groups in total. The fourth-order valence-electron chi connectivity index (χ4n) is 4.62. The average molecular weight is 454 g/mol. The molecule has 4 rings (SSSR count). The van der Waals surface area contributed by atoms with Gasteiger partial charge >= 0.3 is 11.7 Å². The van der Waals surface area contributed by atoms with Gasteiger partial charge in [0.25, 0.3) is 0 Å². The van der Waals surface area contributed by atoms with Crippen molar-refractivity contribution in [3.63, 3.8) is 0 Å². The smallest absolute Gasteiger partial charge is 0.328 e. The summed E-state index contributed by atoms with van der Waals surface area (Å²) >= 11 is 0. The minimum Gasteiger partial charge on any atom is -0.328 e. The van der Waals surface area contributed by atoms with Crippen molar-refractivity contribution in [2.45, 2.75) is 57.2 Å². The number of hydrogen-bond donors (Lipinski definition) is 4. The van der Waals surface area contributed by atoms with E-state index in [0.717, 1.165) is 50.9 Å². The molecule has 1 saturated heterocycles. The number of piperazine rings is 1. The lowest BCUT2D eigenvalue weighted by atomic mass is 9.91. The van der Waals surface area contributed by atoms with Crippen molar-refractivity contribution in [2.24, 2.45) is 5.73 Å². The molecule has 1 aromatic heterocycles. The number of carbonyl (C=O) groups excluding carboxylic acids is 1. The van der Waals surface area contributed by atoms with Crippen LogP contribution in [0.4, 0.5) is 10.6 Å². The Hall–Kier alpha value is -2.75. The number of nitrogens with two attached hydrogens (primary N) is 1. The molecule has 1 aliphatic carbocycles. The Bertz CT molecular complexity index is 977. The van der Waals surface area contributed by atoms with Gasteiger partial charge in [0, 0.05) is 50.5 Å². The van der Waals surface area contributed by atoms with Crippen LogP contribution in [0.3, 0.4) is 0 Å². The Morgan fingerprint density at radius 2 is 1.85 bits per heavy atom. The van der Waals surface area contributed by atoms with E-state index in [2.05, 4.69) is 40.0 Å². The lowest BCUT2D eigenvalue weighted by molar-refractivity contribution is 0.204. The molecule has 2 fully saturated rings. The van der Waals surface area contributed by atoms with E-state index in [0.29, 0.717) is 31.2 Å². The summed E-state index contributed by atoms with van der Waals surface area (Å²) in [5.41, 5.74) is 7.54. The highest BCUT2D eigenvalue weighted by Gasteiger charge is 2.20. The van der Waals surface area contributed by atoms with E-state index in [-0.39, 0.29) is 11.8 Å². The first-order valence-corrected chi connectivity index (χ1v) is 12.0. The number of nitrogens with zero attached hydrogens (tertiary/aromatic N) is 3. The number of benzene rings is 1. The molecule has 1 saturated carbocycles. The predicted octanol–water partition coefficient (Wildman–Crippen LogP) is 1.46. The summed E-state index contributed by atoms with van der Waals surface area (Å²) in [4.78, 5) is 30.6. The van der Waals surface area contributed by atoms with Crippen molar-refractivity contribution < 1.29 is 4.79 Å². The van der Waals surface area contributed by atoms with Crippen LogP contribution in [0.1, 0.15) is 38.2 Å². The van der Waals surface area contributed by atoms with Crippen molar-refractivity contribution in [3.05, 3.63) is 52.6 Å². The summed E-state index contributed by atoms with van der Waals surface area (Å²) in [5.74, 6) is 0.264. The van der Waals surface area contributed by atoms with Crippen LogP contribution in [0.2, 0.25) is 0 Å². The molecule has 9 nitrogen and oxygen atoms in total. The van der Waals surface area contributed by atoms with Crippen molar-refractivity contribution in [3.8, 4) is 5.69 Å². The zero-order valence-electron chi connectivity index (χ0n) is 19.3. The lowest BCUT2D eigenvalue weighted by Crippen LogP contribution is -2.48. The van der Waals surface area contributed by atoms with Crippen molar-refractivity contribution >= 4 is 11.8 Å². The van der Waals surface area contributed by atoms with Gasteiger partial charge in [0.05, 0.1) is 5.69 Å². The molecular formula is C24H35N7O2. The van der Waals surface area contributed by atoms with Gasteiger partial charge in [0.2, 0.25) is 0 Å². The van der Waals surface area contributed by atoms with Crippen molar-refractivity contribution in [1.82, 2.24) is 25.1 Å². The quantitative estimate of drug-likeness (QED) is 0.526. The van der Waals surface area contributed by atoms with E-state index in [9.17, 15) is 9.59 Å². The topological polar surface area (TPSA) is 117 Å². The molecule has 9 heteroatoms. The molecule has 0 bridgehead atoms. The maximum absolute atomic E-state index is 12.6. The Morgan fingerprint density at radius 1 is 1.15 bits per heavy atom. The van der Waals surface area contributed by atoms with Gasteiger partial charge in [0.1, 0.15) is 5.82 Å². The van der Waals surface area contributed by atoms with Gasteiger partial charge in [-0.3, -0.25) is 9.88 Å². The van der Waals surface area contributed by atoms with Crippen LogP contribution in [0, 0.1) is 0 Å². The molecule has 1 aliphatic heterocycles. The van der Waals surface area contributed by atoms with E-state index >= 15 is 0 Å². The maximum atomic E-state index is 12.6. The number of rotatable bonds is 6. The molecule has 2 aliphatic rings. The van der Waals surface area contributed by atoms with Gasteiger partial charge in [-0.25, -0.2) is 9.59 Å². The normalized spacial score (nSPS) is 22.1. The van der Waals surface area contributed by atoms with Gasteiger partial charge in [0.15, 0.2) is 0 Å². The number of amides is 2. The van der Waals surface area contributed by atoms with Crippen LogP contribution in [-0.2, 0) is 6.42 Å². The molecule has 33 heavy (non-hydrogen) atoms. The fourth-order valence-corrected chi connectivity index (χ4v) is 4.62. The third-order valence-corrected chi connectivity index (χ3v) is 6.49. The zero-order chi connectivity index (χ0) is 23.2. The van der Waals surface area contributed by atoms with E-state index < -0.39 is 5.69 Å². The minimum atomic E-state index is -0.425. The highest BCUT2D eigenvalue weighted by atomic mass is 16.2. The third kappa shape index (κ3) is 6.40. The number of carbonyl (C=O) groups is 1. The SMILES string of the molecule is CC(Cc1ccc(-n2ccc(NC(=O)N3CCNCC3)nc2=O)cc1)NC1CCC(N)CC1. The minimum absolute atomic E-state index is 0.232. The van der Waals surface area contributed by atoms with E-state index in [4.69, 9.17) is 5.73 Å². The van der Waals surface area contributed by atoms with Gasteiger partial charge in [-0.15, -0.1) is 0 Å². The molecule has 0 spiro atoms. The summed E-state index contributed by atoms with van der Waals surface area (Å²) in [6.07, 6.45) is 7.06. The van der Waals surface area contributed by atoms with Crippen LogP contribution in [0.15, 0.2) is 41.3 Å². The van der Waals surface area contributed by atoms with Crippen LogP contribution in [0.5, 0.6) is 0 Å². The number of urea groups is 1. The van der Waals surface area contributed by atoms with Gasteiger partial charge in [-0.05, 0) is 62.8 Å². The number of aromatic nitrogens is 2. The highest BCUT2D eigenvalue weighted by Crippen LogP contribution is 2.18. The lowest BCUT2D eigenvalue weighted by Gasteiger charge is -2.29. The van der Waals surface area contributed by atoms with E-state index in [1.807, 2.05) is 12.1 Å². The highest BCUT2D eigenvalue weighted by molar-refractivity contribution is 5.88. The van der Waals surface area contributed by atoms with Crippen molar-refractivity contribution in [2.75, 3.05) is 31.5 Å². The summed E-state index contributed by atoms with van der Waals surface area (Å²) in [6, 6.07) is 10.7. The Balaban J connectivity index is 1.33. The van der Waals surface area contributed by atoms with Crippen molar-refractivity contribution in [1.29, 1.82) is 0 Å². The summed E-state index contributed by atoms with van der Waals surface area (Å²) < 4.78 is 1.48. The fraction of sp³-hybridized carbons (Fsp3) is 0.542. The molecule has 1 unspecified atom stereocenters.